The molecule has 0 saturated carbocycles. The zero-order valence-electron chi connectivity index (χ0n) is 26.3. The highest BCUT2D eigenvalue weighted by Gasteiger charge is 2.39. The van der Waals surface area contributed by atoms with Gasteiger partial charge in [0.25, 0.3) is 11.8 Å². The number of alkyl halides is 1. The second kappa shape index (κ2) is 15.4. The number of hydrogen-bond donors (Lipinski definition) is 3. The lowest BCUT2D eigenvalue weighted by molar-refractivity contribution is -0.129. The third kappa shape index (κ3) is 8.13. The number of nitrogens with zero attached hydrogens (tertiary/aromatic N) is 3. The number of benzene rings is 3. The molecule has 3 aromatic carbocycles. The summed E-state index contributed by atoms with van der Waals surface area (Å²) in [5.41, 5.74) is 3.79. The van der Waals surface area contributed by atoms with E-state index in [-0.39, 0.29) is 36.9 Å². The molecule has 12 nitrogen and oxygen atoms in total. The molecule has 1 aromatic heterocycles. The van der Waals surface area contributed by atoms with E-state index in [2.05, 4.69) is 15.6 Å². The number of aliphatic hydroxyl groups is 1. The molecule has 48 heavy (non-hydrogen) atoms. The summed E-state index contributed by atoms with van der Waals surface area (Å²) in [5, 5.41) is 16.4. The SMILES string of the molecule is CC[C@@H](Cl)CN(CC(O)C(Cc1ccccc1)NC(=O)C1CN(c2cccc(C(=O)NC)c2)C(=O)O1)S(=O)(=O)c1ccc2ncsc2c1. The lowest BCUT2D eigenvalue weighted by Crippen LogP contribution is -2.53. The maximum atomic E-state index is 14.0. The van der Waals surface area contributed by atoms with Gasteiger partial charge in [0.15, 0.2) is 6.10 Å². The van der Waals surface area contributed by atoms with Crippen LogP contribution in [0.25, 0.3) is 10.2 Å². The molecule has 5 rings (SSSR count). The zero-order valence-corrected chi connectivity index (χ0v) is 28.7. The number of cyclic esters (lactones) is 1. The molecular weight excluding hydrogens is 678 g/mol. The summed E-state index contributed by atoms with van der Waals surface area (Å²) in [6, 6.07) is 19.1. The van der Waals surface area contributed by atoms with Crippen molar-refractivity contribution in [3.8, 4) is 0 Å². The lowest BCUT2D eigenvalue weighted by Gasteiger charge is -2.31. The molecule has 1 aliphatic heterocycles. The number of amides is 3. The molecule has 1 saturated heterocycles. The number of anilines is 1. The van der Waals surface area contributed by atoms with Gasteiger partial charge in [-0.3, -0.25) is 14.5 Å². The van der Waals surface area contributed by atoms with Gasteiger partial charge in [0, 0.05) is 36.8 Å². The van der Waals surface area contributed by atoms with Crippen LogP contribution < -0.4 is 15.5 Å². The number of carbonyl (C=O) groups is 3. The fraction of sp³-hybridized carbons (Fsp3) is 0.333. The van der Waals surface area contributed by atoms with Crippen molar-refractivity contribution in [1.82, 2.24) is 19.9 Å². The fourth-order valence-electron chi connectivity index (χ4n) is 5.30. The number of aromatic nitrogens is 1. The van der Waals surface area contributed by atoms with E-state index in [0.717, 1.165) is 9.87 Å². The second-order valence-electron chi connectivity index (χ2n) is 11.3. The lowest BCUT2D eigenvalue weighted by atomic mass is 10.0. The Kier molecular flexibility index (Phi) is 11.3. The van der Waals surface area contributed by atoms with E-state index in [1.54, 1.807) is 35.8 Å². The van der Waals surface area contributed by atoms with Gasteiger partial charge >= 0.3 is 6.09 Å². The number of aliphatic hydroxyl groups excluding tert-OH is 1. The Morgan fingerprint density at radius 3 is 2.62 bits per heavy atom. The van der Waals surface area contributed by atoms with E-state index >= 15 is 0 Å². The van der Waals surface area contributed by atoms with E-state index in [1.807, 2.05) is 37.3 Å². The number of sulfonamides is 1. The van der Waals surface area contributed by atoms with Crippen molar-refractivity contribution >= 4 is 66.8 Å². The highest BCUT2D eigenvalue weighted by atomic mass is 35.5. The van der Waals surface area contributed by atoms with E-state index < -0.39 is 45.7 Å². The number of hydrogen-bond acceptors (Lipinski definition) is 9. The van der Waals surface area contributed by atoms with Crippen molar-refractivity contribution < 1.29 is 32.6 Å². The van der Waals surface area contributed by atoms with E-state index in [1.165, 1.54) is 35.4 Å². The maximum absolute atomic E-state index is 14.0. The average Bonchev–Trinajstić information content (AvgIpc) is 3.73. The molecule has 3 unspecified atom stereocenters. The Balaban J connectivity index is 1.37. The molecule has 4 aromatic rings. The Labute approximate surface area is 287 Å². The van der Waals surface area contributed by atoms with Crippen molar-refractivity contribution in [2.24, 2.45) is 0 Å². The summed E-state index contributed by atoms with van der Waals surface area (Å²) in [7, 11) is -2.63. The van der Waals surface area contributed by atoms with Crippen molar-refractivity contribution in [1.29, 1.82) is 0 Å². The number of thiazole rings is 1. The van der Waals surface area contributed by atoms with Gasteiger partial charge in [0.1, 0.15) is 0 Å². The summed E-state index contributed by atoms with van der Waals surface area (Å²) in [6.07, 6.45) is -2.74. The average molecular weight is 714 g/mol. The van der Waals surface area contributed by atoms with Crippen LogP contribution in [0.4, 0.5) is 10.5 Å². The largest absolute Gasteiger partial charge is 0.434 e. The van der Waals surface area contributed by atoms with Crippen LogP contribution in [0.3, 0.4) is 0 Å². The molecule has 4 atom stereocenters. The normalized spacial score (nSPS) is 16.8. The van der Waals surface area contributed by atoms with Crippen molar-refractivity contribution in [3.05, 3.63) is 89.4 Å². The zero-order chi connectivity index (χ0) is 34.4. The molecule has 15 heteroatoms. The standard InChI is InChI=1S/C33H36ClN5O7S2/c1-3-23(34)17-38(48(44,45)25-12-13-26-30(16-25)47-20-36-26)18-28(40)27(14-21-8-5-4-6-9-21)37-32(42)29-19-39(33(43)46-29)24-11-7-10-22(15-24)31(41)35-2/h4-13,15-16,20,23,27-29,40H,3,14,17-19H2,1-2H3,(H,35,41)(H,37,42)/t23-,27?,28?,29?/m1/s1. The molecule has 2 heterocycles. The Morgan fingerprint density at radius 2 is 1.90 bits per heavy atom. The smallest absolute Gasteiger partial charge is 0.415 e. The number of nitrogens with one attached hydrogen (secondary N) is 2. The van der Waals surface area contributed by atoms with Crippen LogP contribution in [0.5, 0.6) is 0 Å². The Morgan fingerprint density at radius 1 is 1.12 bits per heavy atom. The Bertz CT molecular complexity index is 1870. The van der Waals surface area contributed by atoms with E-state index in [9.17, 15) is 27.9 Å². The maximum Gasteiger partial charge on any atom is 0.415 e. The van der Waals surface area contributed by atoms with Gasteiger partial charge in [-0.25, -0.2) is 18.2 Å². The van der Waals surface area contributed by atoms with Gasteiger partial charge in [0.05, 0.1) is 39.3 Å². The number of halogens is 1. The summed E-state index contributed by atoms with van der Waals surface area (Å²) in [5.74, 6) is -1.00. The number of ether oxygens (including phenoxy) is 1. The summed E-state index contributed by atoms with van der Waals surface area (Å²) in [4.78, 5) is 44.0. The third-order valence-corrected chi connectivity index (χ3v) is 11.1. The molecule has 1 fully saturated rings. The van der Waals surface area contributed by atoms with E-state index in [4.69, 9.17) is 16.3 Å². The van der Waals surface area contributed by atoms with Crippen molar-refractivity contribution in [2.45, 2.75) is 48.3 Å². The van der Waals surface area contributed by atoms with Gasteiger partial charge in [-0.15, -0.1) is 22.9 Å². The third-order valence-electron chi connectivity index (χ3n) is 8.02. The first kappa shape index (κ1) is 35.2. The Hall–Kier alpha value is -4.08. The summed E-state index contributed by atoms with van der Waals surface area (Å²) >= 11 is 7.78. The minimum atomic E-state index is -4.13. The molecule has 0 radical (unpaired) electrons. The molecule has 0 aliphatic carbocycles. The van der Waals surface area contributed by atoms with Crippen LogP contribution >= 0.6 is 22.9 Å². The molecule has 0 bridgehead atoms. The second-order valence-corrected chi connectivity index (χ2v) is 14.7. The summed E-state index contributed by atoms with van der Waals surface area (Å²) < 4.78 is 35.1. The minimum Gasteiger partial charge on any atom is -0.434 e. The number of fused-ring (bicyclic) bond motifs is 1. The number of carbonyl (C=O) groups excluding carboxylic acids is 3. The molecule has 3 N–H and O–H groups in total. The number of rotatable bonds is 14. The van der Waals surface area contributed by atoms with Crippen LogP contribution in [0.15, 0.2) is 83.2 Å². The molecule has 3 amide bonds. The topological polar surface area (TPSA) is 158 Å². The first-order chi connectivity index (χ1) is 23.0. The van der Waals surface area contributed by atoms with Gasteiger partial charge in [-0.1, -0.05) is 43.3 Å². The predicted molar refractivity (Wildman–Crippen MR) is 184 cm³/mol. The monoisotopic (exact) mass is 713 g/mol. The predicted octanol–water partition coefficient (Wildman–Crippen LogP) is 3.78. The highest BCUT2D eigenvalue weighted by Crippen LogP contribution is 2.26. The van der Waals surface area contributed by atoms with Crippen molar-refractivity contribution in [2.75, 3.05) is 31.6 Å². The summed E-state index contributed by atoms with van der Waals surface area (Å²) in [6.45, 7) is 1.25. The minimum absolute atomic E-state index is 0.0357. The van der Waals surface area contributed by atoms with Crippen LogP contribution in [0.1, 0.15) is 29.3 Å². The van der Waals surface area contributed by atoms with Crippen LogP contribution in [0, 0.1) is 0 Å². The van der Waals surface area contributed by atoms with Crippen LogP contribution in [-0.2, 0) is 26.0 Å². The van der Waals surface area contributed by atoms with Gasteiger partial charge in [-0.2, -0.15) is 4.31 Å². The van der Waals surface area contributed by atoms with Gasteiger partial charge < -0.3 is 20.5 Å². The molecule has 1 aliphatic rings. The van der Waals surface area contributed by atoms with Gasteiger partial charge in [0.2, 0.25) is 10.0 Å². The first-order valence-electron chi connectivity index (χ1n) is 15.3. The van der Waals surface area contributed by atoms with Crippen LogP contribution in [0.2, 0.25) is 0 Å². The molecular formula is C33H36ClN5O7S2. The van der Waals surface area contributed by atoms with Crippen molar-refractivity contribution in [3.63, 3.8) is 0 Å². The highest BCUT2D eigenvalue weighted by molar-refractivity contribution is 7.89. The van der Waals surface area contributed by atoms with Crippen LogP contribution in [-0.4, -0.2) is 91.0 Å². The first-order valence-corrected chi connectivity index (χ1v) is 18.1. The molecule has 0 spiro atoms. The molecule has 254 valence electrons. The quantitative estimate of drug-likeness (QED) is 0.167. The fourth-order valence-corrected chi connectivity index (χ4v) is 7.87. The van der Waals surface area contributed by atoms with E-state index in [0.29, 0.717) is 27.9 Å². The van der Waals surface area contributed by atoms with Gasteiger partial charge in [-0.05, 0) is 54.8 Å².